The fourth-order valence-electron chi connectivity index (χ4n) is 3.29. The number of benzene rings is 1. The lowest BCUT2D eigenvalue weighted by atomic mass is 9.82. The zero-order valence-electron chi connectivity index (χ0n) is 15.1. The third-order valence-electron chi connectivity index (χ3n) is 4.58. The minimum absolute atomic E-state index is 0.0341. The minimum Gasteiger partial charge on any atom is -0.465 e. The van der Waals surface area contributed by atoms with Gasteiger partial charge in [-0.15, -0.1) is 5.10 Å². The molecule has 4 rings (SSSR count). The molecule has 0 spiro atoms. The molecule has 7 nitrogen and oxygen atoms in total. The molecule has 0 amide bonds. The Labute approximate surface area is 170 Å². The zero-order valence-corrected chi connectivity index (χ0v) is 16.7. The highest BCUT2D eigenvalue weighted by atomic mass is 35.5. The number of nitrogens with zero attached hydrogens (tertiary/aromatic N) is 4. The van der Waals surface area contributed by atoms with Gasteiger partial charge in [-0.1, -0.05) is 35.5 Å². The molecule has 28 heavy (non-hydrogen) atoms. The SMILES string of the molecule is CCOC(=O)CSc1nc2ncc3c(n2n1)CC(c1ccc(Cl)cc1)CC3=O. The number of carbonyl (C=O) groups excluding carboxylic acids is 2. The number of hydrogen-bond acceptors (Lipinski definition) is 7. The van der Waals surface area contributed by atoms with Crippen molar-refractivity contribution in [2.75, 3.05) is 12.4 Å². The summed E-state index contributed by atoms with van der Waals surface area (Å²) in [6.45, 7) is 2.09. The molecule has 1 unspecified atom stereocenters. The Balaban J connectivity index is 1.64. The second kappa shape index (κ2) is 7.89. The van der Waals surface area contributed by atoms with Crippen LogP contribution < -0.4 is 0 Å². The first-order valence-electron chi connectivity index (χ1n) is 8.87. The minimum atomic E-state index is -0.320. The lowest BCUT2D eigenvalue weighted by molar-refractivity contribution is -0.139. The van der Waals surface area contributed by atoms with Gasteiger partial charge in [-0.3, -0.25) is 9.59 Å². The van der Waals surface area contributed by atoms with Crippen LogP contribution in [0.5, 0.6) is 0 Å². The number of carbonyl (C=O) groups is 2. The number of rotatable bonds is 5. The van der Waals surface area contributed by atoms with Gasteiger partial charge in [0.1, 0.15) is 0 Å². The average Bonchev–Trinajstić information content (AvgIpc) is 3.11. The van der Waals surface area contributed by atoms with E-state index < -0.39 is 0 Å². The fraction of sp³-hybridized carbons (Fsp3) is 0.316. The highest BCUT2D eigenvalue weighted by molar-refractivity contribution is 7.99. The summed E-state index contributed by atoms with van der Waals surface area (Å²) in [5.74, 6) is 0.294. The van der Waals surface area contributed by atoms with Crippen LogP contribution in [0.4, 0.5) is 0 Å². The van der Waals surface area contributed by atoms with Crippen molar-refractivity contribution < 1.29 is 14.3 Å². The van der Waals surface area contributed by atoms with Crippen molar-refractivity contribution >= 4 is 40.9 Å². The molecule has 9 heteroatoms. The van der Waals surface area contributed by atoms with E-state index in [0.717, 1.165) is 11.3 Å². The van der Waals surface area contributed by atoms with Crippen molar-refractivity contribution in [1.29, 1.82) is 0 Å². The molecule has 1 atom stereocenters. The number of Topliss-reactive ketones (excluding diaryl/α,β-unsaturated/α-hetero) is 1. The summed E-state index contributed by atoms with van der Waals surface area (Å²) >= 11 is 7.17. The van der Waals surface area contributed by atoms with Gasteiger partial charge in [-0.25, -0.2) is 4.98 Å². The molecule has 1 aliphatic carbocycles. The molecule has 0 fully saturated rings. The largest absolute Gasteiger partial charge is 0.465 e. The Morgan fingerprint density at radius 2 is 2.11 bits per heavy atom. The maximum absolute atomic E-state index is 12.7. The van der Waals surface area contributed by atoms with Gasteiger partial charge in [-0.2, -0.15) is 9.50 Å². The van der Waals surface area contributed by atoms with E-state index in [1.54, 1.807) is 17.6 Å². The van der Waals surface area contributed by atoms with Crippen LogP contribution in [0.15, 0.2) is 35.6 Å². The molecule has 2 heterocycles. The lowest BCUT2D eigenvalue weighted by Gasteiger charge is -2.23. The van der Waals surface area contributed by atoms with E-state index in [4.69, 9.17) is 16.3 Å². The number of halogens is 1. The summed E-state index contributed by atoms with van der Waals surface area (Å²) in [6, 6.07) is 7.56. The molecule has 0 radical (unpaired) electrons. The van der Waals surface area contributed by atoms with Crippen LogP contribution >= 0.6 is 23.4 Å². The van der Waals surface area contributed by atoms with E-state index in [9.17, 15) is 9.59 Å². The number of ether oxygens (including phenoxy) is 1. The Bertz CT molecular complexity index is 1050. The Kier molecular flexibility index (Phi) is 5.32. The molecular weight excluding hydrogens is 400 g/mol. The van der Waals surface area contributed by atoms with Crippen LogP contribution in [0.25, 0.3) is 5.78 Å². The highest BCUT2D eigenvalue weighted by Crippen LogP contribution is 2.33. The summed E-state index contributed by atoms with van der Waals surface area (Å²) in [4.78, 5) is 32.9. The summed E-state index contributed by atoms with van der Waals surface area (Å²) in [5, 5.41) is 5.55. The Hall–Kier alpha value is -2.45. The topological polar surface area (TPSA) is 86.4 Å². The molecule has 0 aliphatic heterocycles. The molecule has 0 saturated heterocycles. The summed E-state index contributed by atoms with van der Waals surface area (Å²) in [5.41, 5.74) is 2.42. The van der Waals surface area contributed by atoms with Gasteiger partial charge in [0.15, 0.2) is 5.78 Å². The number of fused-ring (bicyclic) bond motifs is 3. The van der Waals surface area contributed by atoms with Crippen LogP contribution in [-0.4, -0.2) is 43.7 Å². The molecule has 2 aromatic heterocycles. The monoisotopic (exact) mass is 416 g/mol. The van der Waals surface area contributed by atoms with Crippen LogP contribution in [0.3, 0.4) is 0 Å². The van der Waals surface area contributed by atoms with E-state index in [2.05, 4.69) is 15.1 Å². The summed E-state index contributed by atoms with van der Waals surface area (Å²) in [7, 11) is 0. The Morgan fingerprint density at radius 3 is 2.86 bits per heavy atom. The fourth-order valence-corrected chi connectivity index (χ4v) is 4.03. The quantitative estimate of drug-likeness (QED) is 0.465. The summed E-state index contributed by atoms with van der Waals surface area (Å²) in [6.07, 6.45) is 2.63. The second-order valence-corrected chi connectivity index (χ2v) is 7.78. The third kappa shape index (κ3) is 3.74. The number of esters is 1. The maximum atomic E-state index is 12.7. The number of ketones is 1. The molecule has 144 valence electrons. The van der Waals surface area contributed by atoms with Gasteiger partial charge in [0.25, 0.3) is 5.78 Å². The lowest BCUT2D eigenvalue weighted by Crippen LogP contribution is -2.22. The van der Waals surface area contributed by atoms with E-state index in [-0.39, 0.29) is 23.4 Å². The Morgan fingerprint density at radius 1 is 1.32 bits per heavy atom. The van der Waals surface area contributed by atoms with E-state index in [0.29, 0.717) is 41.0 Å². The third-order valence-corrected chi connectivity index (χ3v) is 5.65. The molecule has 0 bridgehead atoms. The second-order valence-electron chi connectivity index (χ2n) is 6.40. The molecule has 0 saturated carbocycles. The normalized spacial score (nSPS) is 16.2. The maximum Gasteiger partial charge on any atom is 0.316 e. The zero-order chi connectivity index (χ0) is 19.7. The van der Waals surface area contributed by atoms with Crippen LogP contribution in [0.2, 0.25) is 5.02 Å². The van der Waals surface area contributed by atoms with E-state index in [1.807, 2.05) is 24.3 Å². The van der Waals surface area contributed by atoms with Crippen molar-refractivity contribution in [3.63, 3.8) is 0 Å². The van der Waals surface area contributed by atoms with Crippen LogP contribution in [-0.2, 0) is 16.0 Å². The first-order chi connectivity index (χ1) is 13.5. The van der Waals surface area contributed by atoms with Crippen molar-refractivity contribution in [3.8, 4) is 0 Å². The smallest absolute Gasteiger partial charge is 0.316 e. The number of thioether (sulfide) groups is 1. The van der Waals surface area contributed by atoms with Crippen molar-refractivity contribution in [2.45, 2.75) is 30.8 Å². The highest BCUT2D eigenvalue weighted by Gasteiger charge is 2.29. The molecule has 1 aliphatic rings. The van der Waals surface area contributed by atoms with Crippen molar-refractivity contribution in [2.24, 2.45) is 0 Å². The predicted molar refractivity (Wildman–Crippen MR) is 105 cm³/mol. The standard InChI is InChI=1S/C19H17ClN4O3S/c1-2-27-17(26)10-28-19-22-18-21-9-14-15(24(18)23-19)7-12(8-16(14)25)11-3-5-13(20)6-4-11/h3-6,9,12H,2,7-8,10H2,1H3. The number of aromatic nitrogens is 4. The van der Waals surface area contributed by atoms with Gasteiger partial charge < -0.3 is 4.74 Å². The molecule has 1 aromatic carbocycles. The first kappa shape index (κ1) is 18.9. The van der Waals surface area contributed by atoms with Crippen molar-refractivity contribution in [1.82, 2.24) is 19.6 Å². The first-order valence-corrected chi connectivity index (χ1v) is 10.2. The van der Waals surface area contributed by atoms with Crippen LogP contribution in [0, 0.1) is 0 Å². The van der Waals surface area contributed by atoms with Crippen molar-refractivity contribution in [3.05, 3.63) is 52.3 Å². The number of hydrogen-bond donors (Lipinski definition) is 0. The van der Waals surface area contributed by atoms with Gasteiger partial charge in [0.2, 0.25) is 5.16 Å². The molecular formula is C19H17ClN4O3S. The predicted octanol–water partition coefficient (Wildman–Crippen LogP) is 3.35. The van der Waals surface area contributed by atoms with E-state index >= 15 is 0 Å². The van der Waals surface area contributed by atoms with Gasteiger partial charge in [0.05, 0.1) is 23.6 Å². The van der Waals surface area contributed by atoms with E-state index in [1.165, 1.54) is 11.8 Å². The molecule has 0 N–H and O–H groups in total. The summed E-state index contributed by atoms with van der Waals surface area (Å²) < 4.78 is 6.54. The van der Waals surface area contributed by atoms with Gasteiger partial charge in [-0.05, 0) is 37.0 Å². The molecule has 3 aromatic rings. The van der Waals surface area contributed by atoms with Gasteiger partial charge >= 0.3 is 5.97 Å². The van der Waals surface area contributed by atoms with Crippen LogP contribution in [0.1, 0.15) is 40.9 Å². The van der Waals surface area contributed by atoms with Gasteiger partial charge in [0, 0.05) is 17.6 Å². The average molecular weight is 417 g/mol.